The molecule has 1 aromatic rings. The zero-order valence-corrected chi connectivity index (χ0v) is 8.19. The maximum Gasteiger partial charge on any atom is 0.573 e. The van der Waals surface area contributed by atoms with Crippen LogP contribution >= 0.6 is 22.6 Å². The van der Waals surface area contributed by atoms with E-state index in [1.807, 2.05) is 0 Å². The van der Waals surface area contributed by atoms with E-state index in [1.54, 1.807) is 22.6 Å². The van der Waals surface area contributed by atoms with Gasteiger partial charge in [0.25, 0.3) is 0 Å². The molecule has 6 heteroatoms. The lowest BCUT2D eigenvalue weighted by molar-refractivity contribution is -0.275. The number of alkyl halides is 3. The molecule has 0 aliphatic heterocycles. The lowest BCUT2D eigenvalue weighted by Crippen LogP contribution is -2.18. The van der Waals surface area contributed by atoms with Gasteiger partial charge < -0.3 is 4.74 Å². The van der Waals surface area contributed by atoms with Crippen molar-refractivity contribution in [2.24, 2.45) is 0 Å². The molecule has 0 amide bonds. The molecule has 13 heavy (non-hydrogen) atoms. The minimum atomic E-state index is -4.86. The van der Waals surface area contributed by atoms with E-state index >= 15 is 0 Å². The van der Waals surface area contributed by atoms with Gasteiger partial charge in [-0.25, -0.2) is 4.39 Å². The Morgan fingerprint density at radius 3 is 2.38 bits per heavy atom. The molecule has 72 valence electrons. The molecule has 0 radical (unpaired) electrons. The van der Waals surface area contributed by atoms with Gasteiger partial charge in [0, 0.05) is 3.57 Å². The first kappa shape index (κ1) is 10.6. The molecule has 1 nitrogen and oxygen atoms in total. The first-order valence-electron chi connectivity index (χ1n) is 3.09. The zero-order valence-electron chi connectivity index (χ0n) is 6.03. The number of hydrogen-bond donors (Lipinski definition) is 0. The van der Waals surface area contributed by atoms with Gasteiger partial charge in [-0.3, -0.25) is 0 Å². The Hall–Kier alpha value is -0.530. The average molecular weight is 306 g/mol. The summed E-state index contributed by atoms with van der Waals surface area (Å²) in [5.74, 6) is -1.84. The number of rotatable bonds is 1. The van der Waals surface area contributed by atoms with Crippen LogP contribution in [0.3, 0.4) is 0 Å². The molecule has 0 aromatic heterocycles. The SMILES string of the molecule is Fc1ccc(I)cc1OC(F)(F)F. The van der Waals surface area contributed by atoms with Gasteiger partial charge in [-0.15, -0.1) is 13.2 Å². The molecule has 1 rings (SSSR count). The second-order valence-electron chi connectivity index (χ2n) is 2.12. The van der Waals surface area contributed by atoms with Crippen LogP contribution in [0.25, 0.3) is 0 Å². The number of benzene rings is 1. The molecule has 0 N–H and O–H groups in total. The average Bonchev–Trinajstić information content (AvgIpc) is 1.94. The van der Waals surface area contributed by atoms with Crippen LogP contribution in [0, 0.1) is 9.39 Å². The summed E-state index contributed by atoms with van der Waals surface area (Å²) in [6.07, 6.45) is -4.86. The highest BCUT2D eigenvalue weighted by atomic mass is 127. The normalized spacial score (nSPS) is 11.5. The highest BCUT2D eigenvalue weighted by molar-refractivity contribution is 14.1. The summed E-state index contributed by atoms with van der Waals surface area (Å²) in [5.41, 5.74) is 0. The second kappa shape index (κ2) is 3.69. The van der Waals surface area contributed by atoms with E-state index in [-0.39, 0.29) is 0 Å². The monoisotopic (exact) mass is 306 g/mol. The third-order valence-electron chi connectivity index (χ3n) is 1.12. The number of halogens is 5. The van der Waals surface area contributed by atoms with Crippen LogP contribution in [0.1, 0.15) is 0 Å². The second-order valence-corrected chi connectivity index (χ2v) is 3.37. The fraction of sp³-hybridized carbons (Fsp3) is 0.143. The maximum absolute atomic E-state index is 12.7. The molecule has 0 heterocycles. The molecular formula is C7H3F4IO. The van der Waals surface area contributed by atoms with Gasteiger partial charge in [0.2, 0.25) is 0 Å². The summed E-state index contributed by atoms with van der Waals surface area (Å²) in [6, 6.07) is 3.24. The molecule has 0 saturated heterocycles. The molecule has 0 unspecified atom stereocenters. The zero-order chi connectivity index (χ0) is 10.1. The Morgan fingerprint density at radius 2 is 1.85 bits per heavy atom. The van der Waals surface area contributed by atoms with E-state index in [0.29, 0.717) is 3.57 Å². The molecule has 0 saturated carbocycles. The van der Waals surface area contributed by atoms with E-state index in [4.69, 9.17) is 0 Å². The van der Waals surface area contributed by atoms with Gasteiger partial charge in [-0.2, -0.15) is 0 Å². The van der Waals surface area contributed by atoms with E-state index in [1.165, 1.54) is 6.07 Å². The van der Waals surface area contributed by atoms with E-state index in [0.717, 1.165) is 12.1 Å². The molecule has 0 atom stereocenters. The largest absolute Gasteiger partial charge is 0.573 e. The van der Waals surface area contributed by atoms with Gasteiger partial charge in [-0.05, 0) is 40.8 Å². The highest BCUT2D eigenvalue weighted by Crippen LogP contribution is 2.26. The van der Waals surface area contributed by atoms with Gasteiger partial charge in [0.1, 0.15) is 0 Å². The van der Waals surface area contributed by atoms with E-state index in [9.17, 15) is 17.6 Å². The standard InChI is InChI=1S/C7H3F4IO/c8-5-2-1-4(12)3-6(5)13-7(9,10)11/h1-3H. The predicted octanol–water partition coefficient (Wildman–Crippen LogP) is 3.33. The minimum absolute atomic E-state index is 0.471. The molecule has 0 bridgehead atoms. The van der Waals surface area contributed by atoms with Gasteiger partial charge in [0.05, 0.1) is 0 Å². The summed E-state index contributed by atoms with van der Waals surface area (Å²) in [4.78, 5) is 0. The quantitative estimate of drug-likeness (QED) is 0.571. The summed E-state index contributed by atoms with van der Waals surface area (Å²) in [5, 5.41) is 0. The van der Waals surface area contributed by atoms with Crippen molar-refractivity contribution in [2.45, 2.75) is 6.36 Å². The fourth-order valence-electron chi connectivity index (χ4n) is 0.680. The predicted molar refractivity (Wildman–Crippen MR) is 45.8 cm³/mol. The van der Waals surface area contributed by atoms with Gasteiger partial charge in [-0.1, -0.05) is 0 Å². The summed E-state index contributed by atoms with van der Waals surface area (Å²) < 4.78 is 51.6. The van der Waals surface area contributed by atoms with Crippen LogP contribution in [0.2, 0.25) is 0 Å². The van der Waals surface area contributed by atoms with Gasteiger partial charge in [0.15, 0.2) is 11.6 Å². The first-order valence-corrected chi connectivity index (χ1v) is 4.17. The van der Waals surface area contributed by atoms with Gasteiger partial charge >= 0.3 is 6.36 Å². The molecular weight excluding hydrogens is 303 g/mol. The van der Waals surface area contributed by atoms with Crippen molar-refractivity contribution in [2.75, 3.05) is 0 Å². The van der Waals surface area contributed by atoms with Crippen molar-refractivity contribution in [3.63, 3.8) is 0 Å². The Kier molecular flexibility index (Phi) is 2.99. The topological polar surface area (TPSA) is 9.23 Å². The van der Waals surface area contributed by atoms with Crippen LogP contribution in [-0.2, 0) is 0 Å². The lowest BCUT2D eigenvalue weighted by Gasteiger charge is -2.09. The lowest BCUT2D eigenvalue weighted by atomic mass is 10.3. The Bertz CT molecular complexity index is 310. The molecule has 1 aromatic carbocycles. The Morgan fingerprint density at radius 1 is 1.23 bits per heavy atom. The van der Waals surface area contributed by atoms with Crippen molar-refractivity contribution < 1.29 is 22.3 Å². The van der Waals surface area contributed by atoms with E-state index in [2.05, 4.69) is 4.74 Å². The Labute approximate surface area is 84.8 Å². The third kappa shape index (κ3) is 3.37. The van der Waals surface area contributed by atoms with Crippen LogP contribution < -0.4 is 4.74 Å². The molecule has 0 fully saturated rings. The van der Waals surface area contributed by atoms with Crippen molar-refractivity contribution in [1.29, 1.82) is 0 Å². The fourth-order valence-corrected chi connectivity index (χ4v) is 1.14. The van der Waals surface area contributed by atoms with Crippen LogP contribution in [0.4, 0.5) is 17.6 Å². The number of ether oxygens (including phenoxy) is 1. The van der Waals surface area contributed by atoms with E-state index < -0.39 is 17.9 Å². The highest BCUT2D eigenvalue weighted by Gasteiger charge is 2.32. The molecule has 0 aliphatic carbocycles. The smallest absolute Gasteiger partial charge is 0.403 e. The van der Waals surface area contributed by atoms with Crippen LogP contribution in [0.5, 0.6) is 5.75 Å². The van der Waals surface area contributed by atoms with Crippen LogP contribution in [-0.4, -0.2) is 6.36 Å². The molecule has 0 aliphatic rings. The molecule has 0 spiro atoms. The first-order chi connectivity index (χ1) is 5.88. The van der Waals surface area contributed by atoms with Crippen LogP contribution in [0.15, 0.2) is 18.2 Å². The third-order valence-corrected chi connectivity index (χ3v) is 1.79. The summed E-state index contributed by atoms with van der Waals surface area (Å²) >= 11 is 1.76. The van der Waals surface area contributed by atoms with Crippen molar-refractivity contribution in [1.82, 2.24) is 0 Å². The van der Waals surface area contributed by atoms with Crippen molar-refractivity contribution in [3.8, 4) is 5.75 Å². The summed E-state index contributed by atoms with van der Waals surface area (Å²) in [6.45, 7) is 0. The van der Waals surface area contributed by atoms with Crippen molar-refractivity contribution >= 4 is 22.6 Å². The summed E-state index contributed by atoms with van der Waals surface area (Å²) in [7, 11) is 0. The van der Waals surface area contributed by atoms with Crippen molar-refractivity contribution in [3.05, 3.63) is 27.6 Å². The number of hydrogen-bond acceptors (Lipinski definition) is 1. The minimum Gasteiger partial charge on any atom is -0.403 e. The Balaban J connectivity index is 2.94. The maximum atomic E-state index is 12.7.